The number of aliphatic hydroxyl groups excluding tert-OH is 1. The normalized spacial score (nSPS) is 18.9. The van der Waals surface area contributed by atoms with Gasteiger partial charge in [0.15, 0.2) is 5.65 Å². The average molecular weight is 612 g/mol. The minimum Gasteiger partial charge on any atom is -0.393 e. The SMILES string of the molecule is CC(C)n1c(=O)c2cnc(Nc3ccc4c(c3)CCN(CCCC(=O)C3CCC(O)C3)C4)nc2n1-c1ccnc(C(C)(C)C)c1. The van der Waals surface area contributed by atoms with Crippen LogP contribution in [0.2, 0.25) is 0 Å². The first-order valence-electron chi connectivity index (χ1n) is 16.3. The number of nitrogens with zero attached hydrogens (tertiary/aromatic N) is 6. The Morgan fingerprint density at radius 1 is 1.11 bits per heavy atom. The molecule has 0 amide bonds. The van der Waals surface area contributed by atoms with Gasteiger partial charge in [-0.15, -0.1) is 0 Å². The third kappa shape index (κ3) is 6.58. The molecule has 1 aliphatic carbocycles. The number of benzene rings is 1. The lowest BCUT2D eigenvalue weighted by atomic mass is 9.91. The van der Waals surface area contributed by atoms with Crippen LogP contribution in [0.3, 0.4) is 0 Å². The van der Waals surface area contributed by atoms with Gasteiger partial charge in [-0.25, -0.2) is 14.3 Å². The van der Waals surface area contributed by atoms with Crippen molar-refractivity contribution in [3.8, 4) is 5.69 Å². The van der Waals surface area contributed by atoms with Gasteiger partial charge in [-0.1, -0.05) is 26.8 Å². The maximum Gasteiger partial charge on any atom is 0.278 e. The molecule has 0 saturated heterocycles. The number of nitrogens with one attached hydrogen (secondary N) is 1. The van der Waals surface area contributed by atoms with Crippen molar-refractivity contribution in [2.24, 2.45) is 5.92 Å². The number of pyridine rings is 1. The second kappa shape index (κ2) is 12.5. The van der Waals surface area contributed by atoms with E-state index in [1.165, 1.54) is 11.1 Å². The summed E-state index contributed by atoms with van der Waals surface area (Å²) in [5.41, 5.74) is 5.54. The molecular weight excluding hydrogens is 566 g/mol. The van der Waals surface area contributed by atoms with Crippen LogP contribution >= 0.6 is 0 Å². The fraction of sp³-hybridized carbons (Fsp3) is 0.514. The van der Waals surface area contributed by atoms with E-state index in [1.807, 2.05) is 30.7 Å². The highest BCUT2D eigenvalue weighted by molar-refractivity contribution is 5.81. The molecule has 238 valence electrons. The number of carbonyl (C=O) groups excluding carboxylic acids is 1. The molecule has 1 fully saturated rings. The summed E-state index contributed by atoms with van der Waals surface area (Å²) in [6, 6.07) is 10.2. The summed E-state index contributed by atoms with van der Waals surface area (Å²) < 4.78 is 3.61. The summed E-state index contributed by atoms with van der Waals surface area (Å²) in [7, 11) is 0. The number of carbonyl (C=O) groups is 1. The van der Waals surface area contributed by atoms with Crippen molar-refractivity contribution < 1.29 is 9.90 Å². The zero-order valence-corrected chi connectivity index (χ0v) is 27.1. The van der Waals surface area contributed by atoms with E-state index >= 15 is 0 Å². The van der Waals surface area contributed by atoms with Gasteiger partial charge in [0.1, 0.15) is 11.2 Å². The molecule has 1 saturated carbocycles. The Balaban J connectivity index is 1.18. The molecule has 10 heteroatoms. The summed E-state index contributed by atoms with van der Waals surface area (Å²) in [5.74, 6) is 0.796. The van der Waals surface area contributed by atoms with Gasteiger partial charge < -0.3 is 10.4 Å². The molecule has 2 unspecified atom stereocenters. The van der Waals surface area contributed by atoms with E-state index in [2.05, 4.69) is 59.2 Å². The molecule has 3 aromatic heterocycles. The first-order chi connectivity index (χ1) is 21.5. The minimum absolute atomic E-state index is 0.0531. The minimum atomic E-state index is -0.297. The second-order valence-corrected chi connectivity index (χ2v) is 14.0. The zero-order chi connectivity index (χ0) is 31.9. The van der Waals surface area contributed by atoms with Crippen molar-refractivity contribution in [1.82, 2.24) is 29.2 Å². The number of ketones is 1. The highest BCUT2D eigenvalue weighted by Gasteiger charge is 2.28. The molecular formula is C35H45N7O3. The predicted octanol–water partition coefficient (Wildman–Crippen LogP) is 5.47. The van der Waals surface area contributed by atoms with Crippen molar-refractivity contribution in [3.05, 3.63) is 69.9 Å². The Morgan fingerprint density at radius 2 is 1.93 bits per heavy atom. The quantitative estimate of drug-likeness (QED) is 0.256. The average Bonchev–Trinajstić information content (AvgIpc) is 3.57. The van der Waals surface area contributed by atoms with Gasteiger partial charge in [-0.3, -0.25) is 19.5 Å². The molecule has 4 aromatic rings. The van der Waals surface area contributed by atoms with Crippen molar-refractivity contribution in [3.63, 3.8) is 0 Å². The van der Waals surface area contributed by atoms with Gasteiger partial charge in [0, 0.05) is 60.7 Å². The van der Waals surface area contributed by atoms with Crippen LogP contribution in [0.25, 0.3) is 16.7 Å². The number of hydrogen-bond acceptors (Lipinski definition) is 8. The zero-order valence-electron chi connectivity index (χ0n) is 27.1. The third-order valence-electron chi connectivity index (χ3n) is 9.18. The van der Waals surface area contributed by atoms with E-state index in [-0.39, 0.29) is 29.0 Å². The summed E-state index contributed by atoms with van der Waals surface area (Å²) in [5, 5.41) is 13.6. The van der Waals surface area contributed by atoms with Crippen LogP contribution < -0.4 is 10.9 Å². The number of aliphatic hydroxyl groups is 1. The molecule has 2 aliphatic rings. The topological polar surface area (TPSA) is 118 Å². The number of hydrogen-bond donors (Lipinski definition) is 2. The Morgan fingerprint density at radius 3 is 2.67 bits per heavy atom. The summed E-state index contributed by atoms with van der Waals surface area (Å²) in [6.07, 6.45) is 7.73. The maximum atomic E-state index is 13.5. The monoisotopic (exact) mass is 611 g/mol. The molecule has 1 aliphatic heterocycles. The fourth-order valence-corrected chi connectivity index (χ4v) is 6.68. The van der Waals surface area contributed by atoms with Crippen LogP contribution in [-0.4, -0.2) is 59.3 Å². The molecule has 4 heterocycles. The van der Waals surface area contributed by atoms with E-state index in [1.54, 1.807) is 17.1 Å². The molecule has 1 aromatic carbocycles. The summed E-state index contributed by atoms with van der Waals surface area (Å²) >= 11 is 0. The lowest BCUT2D eigenvalue weighted by molar-refractivity contribution is -0.123. The Bertz CT molecular complexity index is 1770. The predicted molar refractivity (Wildman–Crippen MR) is 176 cm³/mol. The first-order valence-corrected chi connectivity index (χ1v) is 16.3. The van der Waals surface area contributed by atoms with E-state index in [0.29, 0.717) is 35.6 Å². The Kier molecular flexibility index (Phi) is 8.63. The van der Waals surface area contributed by atoms with Gasteiger partial charge in [0.05, 0.1) is 11.8 Å². The molecule has 0 radical (unpaired) electrons. The lowest BCUT2D eigenvalue weighted by Crippen LogP contribution is -2.31. The van der Waals surface area contributed by atoms with E-state index in [4.69, 9.17) is 4.98 Å². The van der Waals surface area contributed by atoms with Gasteiger partial charge >= 0.3 is 0 Å². The fourth-order valence-electron chi connectivity index (χ4n) is 6.68. The number of rotatable bonds is 9. The third-order valence-corrected chi connectivity index (χ3v) is 9.18. The first kappa shape index (κ1) is 31.1. The van der Waals surface area contributed by atoms with Crippen LogP contribution in [-0.2, 0) is 23.2 Å². The summed E-state index contributed by atoms with van der Waals surface area (Å²) in [4.78, 5) is 42.4. The Labute approximate surface area is 264 Å². The van der Waals surface area contributed by atoms with E-state index in [0.717, 1.165) is 62.4 Å². The van der Waals surface area contributed by atoms with Gasteiger partial charge in [0.25, 0.3) is 5.56 Å². The number of fused-ring (bicyclic) bond motifs is 2. The molecule has 0 spiro atoms. The van der Waals surface area contributed by atoms with Crippen molar-refractivity contribution >= 4 is 28.5 Å². The molecule has 0 bridgehead atoms. The molecule has 6 rings (SSSR count). The molecule has 2 N–H and O–H groups in total. The Hall–Kier alpha value is -3.89. The molecule has 45 heavy (non-hydrogen) atoms. The van der Waals surface area contributed by atoms with Crippen LogP contribution in [0.4, 0.5) is 11.6 Å². The van der Waals surface area contributed by atoms with Crippen LogP contribution in [0.15, 0.2) is 47.5 Å². The highest BCUT2D eigenvalue weighted by Crippen LogP contribution is 2.29. The van der Waals surface area contributed by atoms with E-state index in [9.17, 15) is 14.7 Å². The summed E-state index contributed by atoms with van der Waals surface area (Å²) in [6.45, 7) is 13.1. The number of aromatic nitrogens is 5. The standard InChI is InChI=1S/C35H45N7O3/c1-22(2)41-33(45)29-20-37-34(39-32(29)42(41)27-12-14-36-31(19-27)35(3,4)5)38-26-10-8-25-21-40(16-13-23(25)17-26)15-6-7-30(44)24-9-11-28(43)18-24/h8,10,12,14,17,19-20,22,24,28,43H,6-7,9,11,13,15-16,18,21H2,1-5H3,(H,37,38,39). The second-order valence-electron chi connectivity index (χ2n) is 14.0. The maximum absolute atomic E-state index is 13.5. The van der Waals surface area contributed by atoms with Gasteiger partial charge in [-0.05, 0) is 87.9 Å². The number of anilines is 2. The van der Waals surface area contributed by atoms with Crippen LogP contribution in [0.5, 0.6) is 0 Å². The van der Waals surface area contributed by atoms with Crippen molar-refractivity contribution in [2.45, 2.75) is 97.2 Å². The smallest absolute Gasteiger partial charge is 0.278 e. The number of Topliss-reactive ketones (excluding diaryl/α,β-unsaturated/α-hetero) is 1. The van der Waals surface area contributed by atoms with Crippen molar-refractivity contribution in [1.29, 1.82) is 0 Å². The largest absolute Gasteiger partial charge is 0.393 e. The van der Waals surface area contributed by atoms with E-state index < -0.39 is 0 Å². The van der Waals surface area contributed by atoms with Crippen LogP contribution in [0, 0.1) is 5.92 Å². The van der Waals surface area contributed by atoms with Crippen LogP contribution in [0.1, 0.15) is 89.6 Å². The van der Waals surface area contributed by atoms with Gasteiger partial charge in [0.2, 0.25) is 5.95 Å². The van der Waals surface area contributed by atoms with Gasteiger partial charge in [-0.2, -0.15) is 4.98 Å². The highest BCUT2D eigenvalue weighted by atomic mass is 16.3. The van der Waals surface area contributed by atoms with Crippen molar-refractivity contribution in [2.75, 3.05) is 18.4 Å². The molecule has 2 atom stereocenters. The lowest BCUT2D eigenvalue weighted by Gasteiger charge is -2.29. The molecule has 10 nitrogen and oxygen atoms in total.